The topological polar surface area (TPSA) is 63.4 Å². The Bertz CT molecular complexity index is 915. The van der Waals surface area contributed by atoms with Crippen molar-refractivity contribution in [3.8, 4) is 0 Å². The van der Waals surface area contributed by atoms with Crippen LogP contribution in [0, 0.1) is 0 Å². The average Bonchev–Trinajstić information content (AvgIpc) is 3.17. The largest absolute Gasteiger partial charge is 0.462 e. The van der Waals surface area contributed by atoms with Gasteiger partial charge in [-0.25, -0.2) is 4.79 Å². The first-order valence-corrected chi connectivity index (χ1v) is 10.4. The Kier molecular flexibility index (Phi) is 6.80. The van der Waals surface area contributed by atoms with Crippen molar-refractivity contribution in [2.45, 2.75) is 50.8 Å². The minimum absolute atomic E-state index is 0.293. The second kappa shape index (κ2) is 9.31. The molecule has 1 aromatic carbocycles. The molecule has 0 radical (unpaired) electrons. The summed E-state index contributed by atoms with van der Waals surface area (Å²) in [4.78, 5) is 11.0. The van der Waals surface area contributed by atoms with Gasteiger partial charge in [0.2, 0.25) is 0 Å². The second-order valence-corrected chi connectivity index (χ2v) is 8.00. The summed E-state index contributed by atoms with van der Waals surface area (Å²) in [6, 6.07) is 10.0. The Labute approximate surface area is 176 Å². The summed E-state index contributed by atoms with van der Waals surface area (Å²) >= 11 is 7.38. The summed E-state index contributed by atoms with van der Waals surface area (Å²) in [5, 5.41) is 12.4. The van der Waals surface area contributed by atoms with E-state index in [9.17, 15) is 4.79 Å². The van der Waals surface area contributed by atoms with E-state index in [-0.39, 0.29) is 5.97 Å². The highest BCUT2D eigenvalue weighted by Crippen LogP contribution is 2.50. The molecule has 0 aromatic heterocycles. The van der Waals surface area contributed by atoms with Gasteiger partial charge in [0.15, 0.2) is 0 Å². The van der Waals surface area contributed by atoms with Gasteiger partial charge in [0.1, 0.15) is 11.4 Å². The van der Waals surface area contributed by atoms with E-state index >= 15 is 0 Å². The van der Waals surface area contributed by atoms with Crippen LogP contribution in [0.2, 0.25) is 0 Å². The maximum atomic E-state index is 11.7. The molecular formula is C23H26ClN3O2. The van der Waals surface area contributed by atoms with E-state index in [1.165, 1.54) is 0 Å². The van der Waals surface area contributed by atoms with Gasteiger partial charge in [0.25, 0.3) is 0 Å². The van der Waals surface area contributed by atoms with Gasteiger partial charge in [0.05, 0.1) is 11.5 Å². The zero-order chi connectivity index (χ0) is 20.9. The molecule has 1 aromatic rings. The van der Waals surface area contributed by atoms with Crippen LogP contribution in [0.5, 0.6) is 0 Å². The molecule has 0 spiro atoms. The van der Waals surface area contributed by atoms with E-state index in [0.717, 1.165) is 47.4 Å². The van der Waals surface area contributed by atoms with E-state index in [1.807, 2.05) is 36.4 Å². The number of ether oxygens (including phenoxy) is 1. The Morgan fingerprint density at radius 1 is 1.24 bits per heavy atom. The molecule has 1 unspecified atom stereocenters. The fraction of sp³-hybridized carbons (Fsp3) is 0.391. The molecular weight excluding hydrogens is 386 g/mol. The Morgan fingerprint density at radius 3 is 2.69 bits per heavy atom. The third kappa shape index (κ3) is 4.56. The fourth-order valence-electron chi connectivity index (χ4n) is 3.61. The molecule has 6 heteroatoms. The summed E-state index contributed by atoms with van der Waals surface area (Å²) in [6.07, 6.45) is 6.24. The molecule has 152 valence electrons. The van der Waals surface area contributed by atoms with E-state index in [1.54, 1.807) is 6.92 Å². The van der Waals surface area contributed by atoms with E-state index in [2.05, 4.69) is 28.9 Å². The molecule has 0 bridgehead atoms. The molecule has 3 rings (SSSR count). The maximum absolute atomic E-state index is 11.7. The third-order valence-electron chi connectivity index (χ3n) is 5.10. The molecule has 0 N–H and O–H groups in total. The van der Waals surface area contributed by atoms with Crippen LogP contribution < -0.4 is 0 Å². The number of fused-ring (bicyclic) bond motifs is 1. The zero-order valence-corrected chi connectivity index (χ0v) is 17.7. The van der Waals surface area contributed by atoms with Crippen LogP contribution in [-0.4, -0.2) is 23.2 Å². The fourth-order valence-corrected chi connectivity index (χ4v) is 4.10. The van der Waals surface area contributed by atoms with Gasteiger partial charge in [-0.3, -0.25) is 0 Å². The molecule has 0 fully saturated rings. The molecule has 1 aliphatic heterocycles. The van der Waals surface area contributed by atoms with Crippen LogP contribution in [0.3, 0.4) is 0 Å². The number of hydrogen-bond donors (Lipinski definition) is 0. The highest BCUT2D eigenvalue weighted by Gasteiger charge is 2.43. The lowest BCUT2D eigenvalue weighted by Gasteiger charge is -2.36. The van der Waals surface area contributed by atoms with Gasteiger partial charge >= 0.3 is 5.97 Å². The molecule has 1 atom stereocenters. The van der Waals surface area contributed by atoms with Crippen LogP contribution >= 0.6 is 11.6 Å². The van der Waals surface area contributed by atoms with Crippen LogP contribution in [0.1, 0.15) is 51.5 Å². The molecule has 0 saturated heterocycles. The van der Waals surface area contributed by atoms with Crippen LogP contribution in [0.4, 0.5) is 0 Å². The van der Waals surface area contributed by atoms with Crippen LogP contribution in [0.15, 0.2) is 75.3 Å². The number of esters is 1. The number of carbonyl (C=O) groups is 1. The first-order chi connectivity index (χ1) is 14.0. The number of hydrogen-bond acceptors (Lipinski definition) is 5. The SMILES string of the molecule is C=C(C)C(=O)OCCCC1(Cl)C(CCCC)=CC2=NN=NC2=C1c1ccccc1. The molecule has 0 amide bonds. The van der Waals surface area contributed by atoms with Gasteiger partial charge in [-0.15, -0.1) is 21.8 Å². The summed E-state index contributed by atoms with van der Waals surface area (Å²) in [5.41, 5.74) is 4.93. The van der Waals surface area contributed by atoms with E-state index < -0.39 is 4.87 Å². The Morgan fingerprint density at radius 2 is 2.00 bits per heavy atom. The van der Waals surface area contributed by atoms with Crippen molar-refractivity contribution in [1.82, 2.24) is 0 Å². The zero-order valence-electron chi connectivity index (χ0n) is 16.9. The highest BCUT2D eigenvalue weighted by atomic mass is 35.5. The quantitative estimate of drug-likeness (QED) is 0.209. The van der Waals surface area contributed by atoms with Gasteiger partial charge in [-0.2, -0.15) is 0 Å². The number of carbonyl (C=O) groups excluding carboxylic acids is 1. The van der Waals surface area contributed by atoms with Gasteiger partial charge < -0.3 is 4.74 Å². The number of alkyl halides is 1. The molecule has 29 heavy (non-hydrogen) atoms. The summed E-state index contributed by atoms with van der Waals surface area (Å²) in [5.74, 6) is -0.375. The van der Waals surface area contributed by atoms with Crippen molar-refractivity contribution < 1.29 is 9.53 Å². The summed E-state index contributed by atoms with van der Waals surface area (Å²) in [7, 11) is 0. The predicted octanol–water partition coefficient (Wildman–Crippen LogP) is 6.23. The first-order valence-electron chi connectivity index (χ1n) is 9.99. The number of unbranched alkanes of at least 4 members (excludes halogenated alkanes) is 1. The Hall–Kier alpha value is -2.53. The number of halogens is 1. The number of nitrogens with zero attached hydrogens (tertiary/aromatic N) is 3. The minimum atomic E-state index is -0.746. The second-order valence-electron chi connectivity index (χ2n) is 7.36. The summed E-state index contributed by atoms with van der Waals surface area (Å²) < 4.78 is 5.29. The average molecular weight is 412 g/mol. The number of rotatable bonds is 9. The van der Waals surface area contributed by atoms with Gasteiger partial charge in [-0.05, 0) is 55.0 Å². The first kappa shape index (κ1) is 21.2. The Balaban J connectivity index is 1.93. The van der Waals surface area contributed by atoms with Crippen molar-refractivity contribution >= 4 is 28.9 Å². The van der Waals surface area contributed by atoms with Gasteiger partial charge in [0, 0.05) is 11.1 Å². The number of benzene rings is 1. The third-order valence-corrected chi connectivity index (χ3v) is 5.72. The van der Waals surface area contributed by atoms with Crippen LogP contribution in [0.25, 0.3) is 5.57 Å². The highest BCUT2D eigenvalue weighted by molar-refractivity contribution is 6.36. The maximum Gasteiger partial charge on any atom is 0.333 e. The predicted molar refractivity (Wildman–Crippen MR) is 117 cm³/mol. The molecule has 5 nitrogen and oxygen atoms in total. The summed E-state index contributed by atoms with van der Waals surface area (Å²) in [6.45, 7) is 7.71. The van der Waals surface area contributed by atoms with Crippen LogP contribution in [-0.2, 0) is 9.53 Å². The normalized spacial score (nSPS) is 20.2. The lowest BCUT2D eigenvalue weighted by atomic mass is 9.75. The minimum Gasteiger partial charge on any atom is -0.462 e. The monoisotopic (exact) mass is 411 g/mol. The van der Waals surface area contributed by atoms with Crippen molar-refractivity contribution in [1.29, 1.82) is 0 Å². The lowest BCUT2D eigenvalue weighted by molar-refractivity contribution is -0.139. The lowest BCUT2D eigenvalue weighted by Crippen LogP contribution is -2.32. The van der Waals surface area contributed by atoms with Crippen molar-refractivity contribution in [3.63, 3.8) is 0 Å². The standard InChI is InChI=1S/C23H26ClN3O2/c1-4-5-12-18-15-19-21(26-27-25-19)20(17-10-7-6-8-11-17)23(18,24)13-9-14-29-22(28)16(2)3/h6-8,10-11,15H,2,4-5,9,12-14H2,1,3H3. The molecule has 1 heterocycles. The molecule has 2 aliphatic rings. The van der Waals surface area contributed by atoms with Crippen molar-refractivity contribution in [3.05, 3.63) is 65.4 Å². The van der Waals surface area contributed by atoms with E-state index in [0.29, 0.717) is 25.0 Å². The number of allylic oxidation sites excluding steroid dienone is 3. The molecule has 1 aliphatic carbocycles. The van der Waals surface area contributed by atoms with Crippen molar-refractivity contribution in [2.75, 3.05) is 6.61 Å². The van der Waals surface area contributed by atoms with Crippen molar-refractivity contribution in [2.24, 2.45) is 15.4 Å². The van der Waals surface area contributed by atoms with E-state index in [4.69, 9.17) is 16.3 Å². The van der Waals surface area contributed by atoms with Gasteiger partial charge in [-0.1, -0.05) is 50.3 Å². The smallest absolute Gasteiger partial charge is 0.333 e. The molecule has 0 saturated carbocycles.